The first kappa shape index (κ1) is 23.0. The third-order valence-corrected chi connectivity index (χ3v) is 6.87. The Kier molecular flexibility index (Phi) is 6.24. The number of nitrogens with one attached hydrogen (secondary N) is 1. The third kappa shape index (κ3) is 4.50. The van der Waals surface area contributed by atoms with Crippen LogP contribution in [0, 0.1) is 17.2 Å². The van der Waals surface area contributed by atoms with Gasteiger partial charge >= 0.3 is 0 Å². The Morgan fingerprint density at radius 2 is 1.80 bits per heavy atom. The van der Waals surface area contributed by atoms with Crippen LogP contribution in [0.5, 0.6) is 0 Å². The highest BCUT2D eigenvalue weighted by Crippen LogP contribution is 2.23. The van der Waals surface area contributed by atoms with Gasteiger partial charge in [0.2, 0.25) is 0 Å². The number of nitrogens with zero attached hydrogens (tertiary/aromatic N) is 4. The second-order valence-electron chi connectivity index (χ2n) is 9.92. The number of likely N-dealkylation sites (tertiary alicyclic amines) is 1. The van der Waals surface area contributed by atoms with Crippen molar-refractivity contribution in [1.29, 1.82) is 5.41 Å². The third-order valence-electron chi connectivity index (χ3n) is 6.87. The van der Waals surface area contributed by atoms with Gasteiger partial charge in [-0.25, -0.2) is 4.98 Å². The molecule has 1 N–H and O–H groups in total. The standard InChI is InChI=1S/C28H31N5O2/c1-19(2)18-33-25(29)22(17-23-26(33)30-24-10-6-7-13-32(24)28(23)35)27(34)31-14-11-21(12-15-31)16-20-8-4-3-5-9-20/h3-10,13,17,19,21,29H,11-12,14-16,18H2,1-2H3. The molecule has 0 radical (unpaired) electrons. The van der Waals surface area contributed by atoms with Gasteiger partial charge in [-0.1, -0.05) is 50.2 Å². The van der Waals surface area contributed by atoms with Crippen LogP contribution in [0.15, 0.2) is 65.6 Å². The highest BCUT2D eigenvalue weighted by Gasteiger charge is 2.26. The van der Waals surface area contributed by atoms with Gasteiger partial charge in [0, 0.05) is 25.8 Å². The summed E-state index contributed by atoms with van der Waals surface area (Å²) in [7, 11) is 0. The number of piperidine rings is 1. The van der Waals surface area contributed by atoms with Crippen LogP contribution in [0.2, 0.25) is 0 Å². The minimum atomic E-state index is -0.223. The topological polar surface area (TPSA) is 83.5 Å². The number of carbonyl (C=O) groups excluding carboxylic acids is 1. The highest BCUT2D eigenvalue weighted by molar-refractivity contribution is 5.97. The van der Waals surface area contributed by atoms with E-state index in [1.807, 2.05) is 17.0 Å². The van der Waals surface area contributed by atoms with Crippen molar-refractivity contribution < 1.29 is 4.79 Å². The normalized spacial score (nSPS) is 14.8. The predicted molar refractivity (Wildman–Crippen MR) is 136 cm³/mol. The molecular formula is C28H31N5O2. The van der Waals surface area contributed by atoms with Gasteiger partial charge in [-0.2, -0.15) is 0 Å². The van der Waals surface area contributed by atoms with E-state index in [1.54, 1.807) is 29.0 Å². The minimum absolute atomic E-state index is 0.120. The molecule has 35 heavy (non-hydrogen) atoms. The van der Waals surface area contributed by atoms with E-state index >= 15 is 0 Å². The van der Waals surface area contributed by atoms with Crippen LogP contribution in [0.3, 0.4) is 0 Å². The van der Waals surface area contributed by atoms with Crippen molar-refractivity contribution in [1.82, 2.24) is 18.9 Å². The van der Waals surface area contributed by atoms with Crippen molar-refractivity contribution in [2.75, 3.05) is 13.1 Å². The summed E-state index contributed by atoms with van der Waals surface area (Å²) in [5.74, 6) is 0.590. The number of benzene rings is 1. The zero-order valence-corrected chi connectivity index (χ0v) is 20.3. The first-order valence-corrected chi connectivity index (χ1v) is 12.3. The number of rotatable bonds is 5. The molecule has 1 aromatic carbocycles. The molecule has 1 amide bonds. The van der Waals surface area contributed by atoms with Gasteiger partial charge in [0.25, 0.3) is 11.5 Å². The van der Waals surface area contributed by atoms with E-state index in [1.165, 1.54) is 9.96 Å². The molecule has 7 heteroatoms. The number of fused-ring (bicyclic) bond motifs is 2. The van der Waals surface area contributed by atoms with E-state index in [0.29, 0.717) is 42.2 Å². The largest absolute Gasteiger partial charge is 0.339 e. The van der Waals surface area contributed by atoms with Crippen LogP contribution in [-0.2, 0) is 13.0 Å². The first-order valence-electron chi connectivity index (χ1n) is 12.3. The van der Waals surface area contributed by atoms with Gasteiger partial charge in [0.15, 0.2) is 0 Å². The average Bonchev–Trinajstić information content (AvgIpc) is 2.86. The molecule has 1 saturated heterocycles. The van der Waals surface area contributed by atoms with Crippen molar-refractivity contribution in [3.05, 3.63) is 87.8 Å². The average molecular weight is 470 g/mol. The molecule has 0 saturated carbocycles. The lowest BCUT2D eigenvalue weighted by Gasteiger charge is -2.32. The minimum Gasteiger partial charge on any atom is -0.339 e. The Balaban J connectivity index is 1.49. The van der Waals surface area contributed by atoms with E-state index in [9.17, 15) is 9.59 Å². The van der Waals surface area contributed by atoms with Crippen molar-refractivity contribution in [3.8, 4) is 0 Å². The Morgan fingerprint density at radius 3 is 2.51 bits per heavy atom. The molecule has 4 aromatic rings. The Morgan fingerprint density at radius 1 is 1.09 bits per heavy atom. The van der Waals surface area contributed by atoms with E-state index < -0.39 is 0 Å². The maximum atomic E-state index is 13.6. The van der Waals surface area contributed by atoms with E-state index in [0.717, 1.165) is 19.3 Å². The number of hydrogen-bond acceptors (Lipinski definition) is 4. The zero-order chi connectivity index (χ0) is 24.5. The Labute approximate surface area is 204 Å². The van der Waals surface area contributed by atoms with Crippen LogP contribution in [0.1, 0.15) is 42.6 Å². The van der Waals surface area contributed by atoms with Gasteiger partial charge in [-0.05, 0) is 54.9 Å². The number of amides is 1. The molecule has 5 rings (SSSR count). The molecule has 0 spiro atoms. The Hall–Kier alpha value is -3.74. The molecule has 180 valence electrons. The Bertz CT molecular complexity index is 1500. The molecule has 1 aliphatic rings. The van der Waals surface area contributed by atoms with Crippen LogP contribution >= 0.6 is 0 Å². The number of hydrogen-bond donors (Lipinski definition) is 1. The van der Waals surface area contributed by atoms with Gasteiger partial charge in [-0.3, -0.25) is 19.4 Å². The smallest absolute Gasteiger partial charge is 0.267 e. The van der Waals surface area contributed by atoms with E-state index in [2.05, 4.69) is 38.1 Å². The second-order valence-corrected chi connectivity index (χ2v) is 9.92. The molecular weight excluding hydrogens is 438 g/mol. The zero-order valence-electron chi connectivity index (χ0n) is 20.3. The lowest BCUT2D eigenvalue weighted by Crippen LogP contribution is -2.42. The molecule has 3 aromatic heterocycles. The van der Waals surface area contributed by atoms with Crippen molar-refractivity contribution in [2.45, 2.75) is 39.7 Å². The van der Waals surface area contributed by atoms with Crippen LogP contribution in [0.4, 0.5) is 0 Å². The quantitative estimate of drug-likeness (QED) is 0.450. The number of aromatic nitrogens is 3. The van der Waals surface area contributed by atoms with Crippen molar-refractivity contribution >= 4 is 22.6 Å². The molecule has 4 heterocycles. The predicted octanol–water partition coefficient (Wildman–Crippen LogP) is 3.88. The van der Waals surface area contributed by atoms with Crippen molar-refractivity contribution in [2.24, 2.45) is 11.8 Å². The summed E-state index contributed by atoms with van der Waals surface area (Å²) >= 11 is 0. The van der Waals surface area contributed by atoms with E-state index in [4.69, 9.17) is 10.4 Å². The summed E-state index contributed by atoms with van der Waals surface area (Å²) in [5.41, 5.74) is 2.48. The summed E-state index contributed by atoms with van der Waals surface area (Å²) < 4.78 is 3.22. The number of pyridine rings is 2. The molecule has 1 aliphatic heterocycles. The van der Waals surface area contributed by atoms with Crippen LogP contribution < -0.4 is 11.0 Å². The summed E-state index contributed by atoms with van der Waals surface area (Å²) in [6.45, 7) is 5.93. The fourth-order valence-corrected chi connectivity index (χ4v) is 5.05. The molecule has 1 fully saturated rings. The first-order chi connectivity index (χ1) is 16.9. The summed E-state index contributed by atoms with van der Waals surface area (Å²) in [6, 6.07) is 17.5. The lowest BCUT2D eigenvalue weighted by molar-refractivity contribution is 0.0687. The molecule has 0 unspecified atom stereocenters. The fourth-order valence-electron chi connectivity index (χ4n) is 5.05. The van der Waals surface area contributed by atoms with Crippen LogP contribution in [0.25, 0.3) is 16.7 Å². The fraction of sp³-hybridized carbons (Fsp3) is 0.357. The highest BCUT2D eigenvalue weighted by atomic mass is 16.2. The summed E-state index contributed by atoms with van der Waals surface area (Å²) in [5, 5.41) is 9.27. The van der Waals surface area contributed by atoms with Crippen LogP contribution in [-0.4, -0.2) is 37.8 Å². The maximum Gasteiger partial charge on any atom is 0.267 e. The molecule has 0 aliphatic carbocycles. The maximum absolute atomic E-state index is 13.6. The van der Waals surface area contributed by atoms with Gasteiger partial charge in [-0.15, -0.1) is 0 Å². The molecule has 0 atom stereocenters. The molecule has 7 nitrogen and oxygen atoms in total. The van der Waals surface area contributed by atoms with Gasteiger partial charge < -0.3 is 9.47 Å². The number of carbonyl (C=O) groups is 1. The van der Waals surface area contributed by atoms with Gasteiger partial charge in [0.05, 0.1) is 10.9 Å². The monoisotopic (exact) mass is 469 g/mol. The second kappa shape index (κ2) is 9.49. The van der Waals surface area contributed by atoms with E-state index in [-0.39, 0.29) is 28.4 Å². The lowest BCUT2D eigenvalue weighted by atomic mass is 9.90. The summed E-state index contributed by atoms with van der Waals surface area (Å²) in [4.78, 5) is 33.5. The van der Waals surface area contributed by atoms with Gasteiger partial charge in [0.1, 0.15) is 16.8 Å². The summed E-state index contributed by atoms with van der Waals surface area (Å²) in [6.07, 6.45) is 4.57. The SMILES string of the molecule is CC(C)Cn1c(=N)c(C(=O)N2CCC(Cc3ccccc3)CC2)cc2c(=O)n3ccccc3nc21. The molecule has 0 bridgehead atoms. The van der Waals surface area contributed by atoms with Crippen molar-refractivity contribution in [3.63, 3.8) is 0 Å².